The Balaban J connectivity index is 1.72. The number of nitrogens with one attached hydrogen (secondary N) is 2. The molecule has 1 heterocycles. The highest BCUT2D eigenvalue weighted by Crippen LogP contribution is 2.33. The smallest absolute Gasteiger partial charge is 0.341 e. The van der Waals surface area contributed by atoms with Crippen molar-refractivity contribution in [2.75, 3.05) is 19.0 Å². The van der Waals surface area contributed by atoms with Gasteiger partial charge in [-0.25, -0.2) is 4.79 Å². The quantitative estimate of drug-likeness (QED) is 0.615. The summed E-state index contributed by atoms with van der Waals surface area (Å²) in [6, 6.07) is 12.7. The molecule has 2 aromatic rings. The highest BCUT2D eigenvalue weighted by Gasteiger charge is 2.27. The van der Waals surface area contributed by atoms with Crippen molar-refractivity contribution < 1.29 is 24.2 Å². The summed E-state index contributed by atoms with van der Waals surface area (Å²) >= 11 is 1.36. The Labute approximate surface area is 166 Å². The molecule has 1 fully saturated rings. The maximum atomic E-state index is 12.3. The molecule has 1 aliphatic heterocycles. The lowest BCUT2D eigenvalue weighted by molar-refractivity contribution is -0.139. The van der Waals surface area contributed by atoms with Crippen LogP contribution in [0.3, 0.4) is 0 Å². The van der Waals surface area contributed by atoms with E-state index in [2.05, 4.69) is 10.6 Å². The normalized spacial score (nSPS) is 17.3. The molecule has 0 saturated carbocycles. The fraction of sp³-hybridized carbons (Fsp3) is 0.200. The first-order chi connectivity index (χ1) is 13.4. The Morgan fingerprint density at radius 3 is 2.89 bits per heavy atom. The van der Waals surface area contributed by atoms with Crippen LogP contribution in [-0.2, 0) is 9.59 Å². The van der Waals surface area contributed by atoms with Crippen molar-refractivity contribution in [3.63, 3.8) is 0 Å². The van der Waals surface area contributed by atoms with Crippen molar-refractivity contribution in [2.24, 2.45) is 0 Å². The van der Waals surface area contributed by atoms with Gasteiger partial charge in [0.05, 0.1) is 17.7 Å². The van der Waals surface area contributed by atoms with Gasteiger partial charge in [-0.3, -0.25) is 4.79 Å². The summed E-state index contributed by atoms with van der Waals surface area (Å²) in [7, 11) is 1.60. The lowest BCUT2D eigenvalue weighted by Crippen LogP contribution is -2.31. The zero-order chi connectivity index (χ0) is 20.1. The van der Waals surface area contributed by atoms with Crippen LogP contribution in [-0.4, -0.2) is 36.2 Å². The van der Waals surface area contributed by atoms with E-state index in [1.807, 2.05) is 31.2 Å². The van der Waals surface area contributed by atoms with Crippen molar-refractivity contribution in [2.45, 2.75) is 12.4 Å². The number of thioether (sulfide) groups is 1. The summed E-state index contributed by atoms with van der Waals surface area (Å²) in [5.41, 5.74) is 2.28. The molecule has 0 aromatic heterocycles. The molecule has 1 atom stereocenters. The Hall–Kier alpha value is -3.13. The summed E-state index contributed by atoms with van der Waals surface area (Å²) < 4.78 is 10.5. The van der Waals surface area contributed by atoms with Gasteiger partial charge >= 0.3 is 5.97 Å². The van der Waals surface area contributed by atoms with Crippen molar-refractivity contribution >= 4 is 35.4 Å². The van der Waals surface area contributed by atoms with Crippen LogP contribution in [0.4, 0.5) is 5.69 Å². The van der Waals surface area contributed by atoms with Gasteiger partial charge in [-0.05, 0) is 48.4 Å². The molecule has 0 spiro atoms. The molecule has 3 N–H and O–H groups in total. The van der Waals surface area contributed by atoms with Gasteiger partial charge in [0.15, 0.2) is 12.1 Å². The van der Waals surface area contributed by atoms with Gasteiger partial charge in [-0.2, -0.15) is 0 Å². The third-order valence-electron chi connectivity index (χ3n) is 3.89. The van der Waals surface area contributed by atoms with E-state index in [-0.39, 0.29) is 11.4 Å². The minimum atomic E-state index is -1.05. The van der Waals surface area contributed by atoms with Gasteiger partial charge in [0.2, 0.25) is 0 Å². The second-order valence-corrected chi connectivity index (χ2v) is 7.23. The number of hydrogen-bond donors (Lipinski definition) is 3. The van der Waals surface area contributed by atoms with Gasteiger partial charge in [0.25, 0.3) is 5.91 Å². The number of carboxylic acid groups (broad SMARTS) is 1. The zero-order valence-electron chi connectivity index (χ0n) is 15.4. The number of aliphatic carboxylic acids is 1. The average molecular weight is 400 g/mol. The van der Waals surface area contributed by atoms with E-state index in [0.29, 0.717) is 16.4 Å². The largest absolute Gasteiger partial charge is 0.495 e. The van der Waals surface area contributed by atoms with Gasteiger partial charge in [-0.15, -0.1) is 0 Å². The molecule has 0 aliphatic carbocycles. The summed E-state index contributed by atoms with van der Waals surface area (Å²) in [6.45, 7) is 1.56. The maximum Gasteiger partial charge on any atom is 0.341 e. The number of methoxy groups -OCH3 is 1. The van der Waals surface area contributed by atoms with E-state index in [0.717, 1.165) is 16.8 Å². The molecule has 1 saturated heterocycles. The van der Waals surface area contributed by atoms with Crippen molar-refractivity contribution in [3.05, 3.63) is 58.5 Å². The Bertz CT molecular complexity index is 929. The highest BCUT2D eigenvalue weighted by molar-refractivity contribution is 8.05. The van der Waals surface area contributed by atoms with Crippen molar-refractivity contribution in [1.82, 2.24) is 5.32 Å². The molecule has 1 aliphatic rings. The molecule has 8 heteroatoms. The van der Waals surface area contributed by atoms with Crippen LogP contribution in [0.2, 0.25) is 0 Å². The number of hydrogen-bond acceptors (Lipinski definition) is 6. The monoisotopic (exact) mass is 400 g/mol. The number of benzene rings is 2. The van der Waals surface area contributed by atoms with Crippen LogP contribution in [0.5, 0.6) is 11.5 Å². The maximum absolute atomic E-state index is 12.3. The van der Waals surface area contributed by atoms with Crippen molar-refractivity contribution in [1.29, 1.82) is 0 Å². The third kappa shape index (κ3) is 4.98. The zero-order valence-corrected chi connectivity index (χ0v) is 16.2. The van der Waals surface area contributed by atoms with E-state index in [9.17, 15) is 9.59 Å². The van der Waals surface area contributed by atoms with E-state index in [1.54, 1.807) is 31.4 Å². The second-order valence-electron chi connectivity index (χ2n) is 6.08. The minimum absolute atomic E-state index is 0.189. The average Bonchev–Trinajstić information content (AvgIpc) is 2.99. The van der Waals surface area contributed by atoms with E-state index in [1.165, 1.54) is 11.8 Å². The molecule has 146 valence electrons. The molecule has 0 radical (unpaired) electrons. The first kappa shape index (κ1) is 19.6. The molecule has 2 aromatic carbocycles. The number of aryl methyl sites for hydroxylation is 1. The Kier molecular flexibility index (Phi) is 6.10. The molecular weight excluding hydrogens is 380 g/mol. The van der Waals surface area contributed by atoms with Gasteiger partial charge in [-0.1, -0.05) is 30.0 Å². The number of anilines is 1. The van der Waals surface area contributed by atoms with Gasteiger partial charge in [0, 0.05) is 0 Å². The molecule has 1 unspecified atom stereocenters. The van der Waals surface area contributed by atoms with E-state index >= 15 is 0 Å². The predicted molar refractivity (Wildman–Crippen MR) is 108 cm³/mol. The molecule has 3 rings (SSSR count). The van der Waals surface area contributed by atoms with Crippen LogP contribution in [0.15, 0.2) is 47.4 Å². The minimum Gasteiger partial charge on any atom is -0.495 e. The standard InChI is InChI=1S/C20H20N2O5S/c1-12-6-7-16(26-2)15(8-12)21-20-22-19(25)17(28-20)10-13-4-3-5-14(9-13)27-11-18(23)24/h3-10,20-21H,11H2,1-2H3,(H,22,25)(H,23,24)/b17-10-. The lowest BCUT2D eigenvalue weighted by Gasteiger charge is -2.16. The molecule has 7 nitrogen and oxygen atoms in total. The molecule has 28 heavy (non-hydrogen) atoms. The van der Waals surface area contributed by atoms with Crippen LogP contribution in [0, 0.1) is 6.92 Å². The number of ether oxygens (including phenoxy) is 2. The van der Waals surface area contributed by atoms with Gasteiger partial charge in [0.1, 0.15) is 11.5 Å². The number of carbonyl (C=O) groups is 2. The fourth-order valence-electron chi connectivity index (χ4n) is 2.63. The van der Waals surface area contributed by atoms with Crippen molar-refractivity contribution in [3.8, 4) is 11.5 Å². The topological polar surface area (TPSA) is 96.9 Å². The second kappa shape index (κ2) is 8.71. The Morgan fingerprint density at radius 1 is 1.32 bits per heavy atom. The lowest BCUT2D eigenvalue weighted by atomic mass is 10.2. The number of carbonyl (C=O) groups excluding carboxylic acids is 1. The van der Waals surface area contributed by atoms with Gasteiger partial charge < -0.3 is 25.2 Å². The van der Waals surface area contributed by atoms with Crippen LogP contribution < -0.4 is 20.1 Å². The van der Waals surface area contributed by atoms with E-state index < -0.39 is 12.6 Å². The summed E-state index contributed by atoms with van der Waals surface area (Å²) in [5.74, 6) is -0.110. The van der Waals surface area contributed by atoms with E-state index in [4.69, 9.17) is 14.6 Å². The number of amides is 1. The molecular formula is C20H20N2O5S. The third-order valence-corrected chi connectivity index (χ3v) is 4.92. The van der Waals surface area contributed by atoms with Crippen LogP contribution in [0.1, 0.15) is 11.1 Å². The fourth-order valence-corrected chi connectivity index (χ4v) is 3.61. The summed E-state index contributed by atoms with van der Waals surface area (Å²) in [6.07, 6.45) is 1.74. The first-order valence-electron chi connectivity index (χ1n) is 8.49. The number of carboxylic acids is 1. The van der Waals surface area contributed by atoms with Crippen LogP contribution >= 0.6 is 11.8 Å². The van der Waals surface area contributed by atoms with Crippen LogP contribution in [0.25, 0.3) is 6.08 Å². The summed E-state index contributed by atoms with van der Waals surface area (Å²) in [5, 5.41) is 14.8. The SMILES string of the molecule is COc1ccc(C)cc1NC1NC(=O)/C(=C/c2cccc(OCC(=O)O)c2)S1. The summed E-state index contributed by atoms with van der Waals surface area (Å²) in [4.78, 5) is 23.5. The molecule has 0 bridgehead atoms. The highest BCUT2D eigenvalue weighted by atomic mass is 32.2. The Morgan fingerprint density at radius 2 is 2.14 bits per heavy atom. The predicted octanol–water partition coefficient (Wildman–Crippen LogP) is 3.07. The first-order valence-corrected chi connectivity index (χ1v) is 9.37. The number of rotatable bonds is 7. The molecule has 1 amide bonds.